The van der Waals surface area contributed by atoms with Gasteiger partial charge in [-0.05, 0) is 19.2 Å². The van der Waals surface area contributed by atoms with Crippen LogP contribution in [-0.4, -0.2) is 55.3 Å². The number of morpholine rings is 1. The summed E-state index contributed by atoms with van der Waals surface area (Å²) in [6.07, 6.45) is 0.192. The van der Waals surface area contributed by atoms with Crippen molar-refractivity contribution < 1.29 is 19.1 Å². The number of carbonyl (C=O) groups is 1. The van der Waals surface area contributed by atoms with Crippen molar-refractivity contribution in [2.45, 2.75) is 12.2 Å². The van der Waals surface area contributed by atoms with Gasteiger partial charge in [0.1, 0.15) is 18.0 Å². The molecule has 0 spiro atoms. The van der Waals surface area contributed by atoms with E-state index in [1.165, 1.54) is 6.26 Å². The highest BCUT2D eigenvalue weighted by atomic mass is 16.5. The third kappa shape index (κ3) is 3.32. The van der Waals surface area contributed by atoms with E-state index < -0.39 is 12.2 Å². The lowest BCUT2D eigenvalue weighted by atomic mass is 10.2. The molecular formula is C12H18N2O4. The molecule has 1 aliphatic heterocycles. The minimum Gasteiger partial charge on any atom is -0.467 e. The molecule has 0 radical (unpaired) electrons. The molecule has 100 valence electrons. The van der Waals surface area contributed by atoms with Gasteiger partial charge in [0.05, 0.1) is 19.4 Å². The summed E-state index contributed by atoms with van der Waals surface area (Å²) in [5.41, 5.74) is 0. The van der Waals surface area contributed by atoms with Crippen molar-refractivity contribution >= 4 is 5.91 Å². The van der Waals surface area contributed by atoms with Crippen LogP contribution in [0.4, 0.5) is 0 Å². The molecule has 2 heterocycles. The number of hydrogen-bond donors (Lipinski definition) is 2. The first-order valence-electron chi connectivity index (χ1n) is 5.96. The highest BCUT2D eigenvalue weighted by Gasteiger charge is 2.25. The molecule has 1 fully saturated rings. The normalized spacial score (nSPS) is 22.7. The maximum Gasteiger partial charge on any atom is 0.250 e. The van der Waals surface area contributed by atoms with Crippen LogP contribution < -0.4 is 5.32 Å². The second-order valence-electron chi connectivity index (χ2n) is 4.40. The van der Waals surface area contributed by atoms with E-state index in [0.717, 1.165) is 6.54 Å². The minimum atomic E-state index is -0.828. The Morgan fingerprint density at radius 1 is 1.72 bits per heavy atom. The van der Waals surface area contributed by atoms with E-state index in [4.69, 9.17) is 9.15 Å². The number of carbonyl (C=O) groups excluding carboxylic acids is 1. The monoisotopic (exact) mass is 254 g/mol. The molecule has 1 amide bonds. The van der Waals surface area contributed by atoms with E-state index in [0.29, 0.717) is 18.9 Å². The average Bonchev–Trinajstić information content (AvgIpc) is 2.89. The number of hydrogen-bond acceptors (Lipinski definition) is 5. The molecule has 1 aromatic rings. The summed E-state index contributed by atoms with van der Waals surface area (Å²) in [5, 5.41) is 12.4. The molecule has 2 atom stereocenters. The van der Waals surface area contributed by atoms with Gasteiger partial charge in [-0.15, -0.1) is 0 Å². The van der Waals surface area contributed by atoms with Gasteiger partial charge in [-0.1, -0.05) is 0 Å². The molecule has 6 nitrogen and oxygen atoms in total. The van der Waals surface area contributed by atoms with Crippen molar-refractivity contribution in [1.29, 1.82) is 0 Å². The summed E-state index contributed by atoms with van der Waals surface area (Å²) in [6, 6.07) is 3.36. The molecule has 2 rings (SSSR count). The number of amides is 1. The maximum atomic E-state index is 11.8. The largest absolute Gasteiger partial charge is 0.467 e. The molecule has 6 heteroatoms. The Balaban J connectivity index is 1.77. The molecule has 0 unspecified atom stereocenters. The quantitative estimate of drug-likeness (QED) is 0.775. The highest BCUT2D eigenvalue weighted by Crippen LogP contribution is 2.12. The van der Waals surface area contributed by atoms with Gasteiger partial charge >= 0.3 is 0 Å². The fourth-order valence-corrected chi connectivity index (χ4v) is 1.83. The zero-order valence-corrected chi connectivity index (χ0v) is 10.3. The van der Waals surface area contributed by atoms with Crippen molar-refractivity contribution in [3.63, 3.8) is 0 Å². The van der Waals surface area contributed by atoms with E-state index in [1.807, 2.05) is 11.9 Å². The van der Waals surface area contributed by atoms with Crippen molar-refractivity contribution in [2.75, 3.05) is 33.3 Å². The summed E-state index contributed by atoms with van der Waals surface area (Å²) in [6.45, 7) is 2.08. The molecule has 1 saturated heterocycles. The van der Waals surface area contributed by atoms with E-state index >= 15 is 0 Å². The number of aliphatic hydroxyl groups excluding tert-OH is 1. The van der Waals surface area contributed by atoms with E-state index in [9.17, 15) is 9.90 Å². The first-order valence-corrected chi connectivity index (χ1v) is 5.96. The lowest BCUT2D eigenvalue weighted by Gasteiger charge is -2.29. The minimum absolute atomic E-state index is 0.121. The van der Waals surface area contributed by atoms with Crippen molar-refractivity contribution in [3.05, 3.63) is 24.2 Å². The Morgan fingerprint density at radius 3 is 3.22 bits per heavy atom. The SMILES string of the molecule is CN1CCO[C@@H](C(=O)NC[C@H](O)c2ccco2)C1. The lowest BCUT2D eigenvalue weighted by Crippen LogP contribution is -2.49. The molecule has 0 bridgehead atoms. The zero-order valence-electron chi connectivity index (χ0n) is 10.3. The first-order chi connectivity index (χ1) is 8.66. The summed E-state index contributed by atoms with van der Waals surface area (Å²) in [7, 11) is 1.94. The number of aliphatic hydroxyl groups is 1. The standard InChI is InChI=1S/C12H18N2O4/c1-14-4-6-18-11(8-14)12(16)13-7-9(15)10-3-2-5-17-10/h2-3,5,9,11,15H,4,6-8H2,1H3,(H,13,16)/t9-,11+/m0/s1. The first kappa shape index (κ1) is 13.1. The molecule has 0 saturated carbocycles. The molecule has 1 aromatic heterocycles. The maximum absolute atomic E-state index is 11.8. The fraction of sp³-hybridized carbons (Fsp3) is 0.583. The van der Waals surface area contributed by atoms with Crippen LogP contribution >= 0.6 is 0 Å². The number of likely N-dealkylation sites (N-methyl/N-ethyl adjacent to an activating group) is 1. The van der Waals surface area contributed by atoms with Crippen LogP contribution in [0.15, 0.2) is 22.8 Å². The predicted molar refractivity (Wildman–Crippen MR) is 63.9 cm³/mol. The highest BCUT2D eigenvalue weighted by molar-refractivity contribution is 5.81. The Bertz CT molecular complexity index is 379. The summed E-state index contributed by atoms with van der Waals surface area (Å²) in [4.78, 5) is 13.9. The number of rotatable bonds is 4. The van der Waals surface area contributed by atoms with Gasteiger partial charge in [-0.25, -0.2) is 0 Å². The number of ether oxygens (including phenoxy) is 1. The van der Waals surface area contributed by atoms with Crippen LogP contribution in [0.3, 0.4) is 0 Å². The summed E-state index contributed by atoms with van der Waals surface area (Å²) >= 11 is 0. The molecule has 0 aromatic carbocycles. The predicted octanol–water partition coefficient (Wildman–Crippen LogP) is -0.240. The van der Waals surface area contributed by atoms with Crippen LogP contribution in [0.1, 0.15) is 11.9 Å². The average molecular weight is 254 g/mol. The van der Waals surface area contributed by atoms with Crippen LogP contribution in [0.5, 0.6) is 0 Å². The van der Waals surface area contributed by atoms with Gasteiger partial charge in [-0.3, -0.25) is 4.79 Å². The van der Waals surface area contributed by atoms with E-state index in [1.54, 1.807) is 12.1 Å². The molecule has 0 aliphatic carbocycles. The van der Waals surface area contributed by atoms with Crippen molar-refractivity contribution in [2.24, 2.45) is 0 Å². The molecule has 2 N–H and O–H groups in total. The summed E-state index contributed by atoms with van der Waals surface area (Å²) in [5.74, 6) is 0.240. The van der Waals surface area contributed by atoms with Gasteiger partial charge in [0.15, 0.2) is 0 Å². The number of nitrogens with zero attached hydrogens (tertiary/aromatic N) is 1. The molecule has 1 aliphatic rings. The Hall–Kier alpha value is -1.37. The van der Waals surface area contributed by atoms with E-state index in [-0.39, 0.29) is 12.5 Å². The van der Waals surface area contributed by atoms with Crippen LogP contribution in [0.25, 0.3) is 0 Å². The molecule has 18 heavy (non-hydrogen) atoms. The van der Waals surface area contributed by atoms with Gasteiger partial charge in [0.25, 0.3) is 5.91 Å². The van der Waals surface area contributed by atoms with Crippen LogP contribution in [0.2, 0.25) is 0 Å². The summed E-state index contributed by atoms with van der Waals surface area (Å²) < 4.78 is 10.4. The molecular weight excluding hydrogens is 236 g/mol. The second kappa shape index (κ2) is 5.99. The second-order valence-corrected chi connectivity index (χ2v) is 4.40. The van der Waals surface area contributed by atoms with Gasteiger partial charge in [0, 0.05) is 13.1 Å². The third-order valence-electron chi connectivity index (χ3n) is 2.90. The Labute approximate surface area is 106 Å². The lowest BCUT2D eigenvalue weighted by molar-refractivity contribution is -0.138. The Kier molecular flexibility index (Phi) is 4.35. The topological polar surface area (TPSA) is 74.9 Å². The zero-order chi connectivity index (χ0) is 13.0. The smallest absolute Gasteiger partial charge is 0.250 e. The fourth-order valence-electron chi connectivity index (χ4n) is 1.83. The van der Waals surface area contributed by atoms with Crippen LogP contribution in [0, 0.1) is 0 Å². The third-order valence-corrected chi connectivity index (χ3v) is 2.90. The number of furan rings is 1. The Morgan fingerprint density at radius 2 is 2.56 bits per heavy atom. The number of nitrogens with one attached hydrogen (secondary N) is 1. The van der Waals surface area contributed by atoms with Gasteiger partial charge < -0.3 is 24.5 Å². The van der Waals surface area contributed by atoms with Crippen LogP contribution in [-0.2, 0) is 9.53 Å². The van der Waals surface area contributed by atoms with Crippen molar-refractivity contribution in [1.82, 2.24) is 10.2 Å². The van der Waals surface area contributed by atoms with Gasteiger partial charge in [-0.2, -0.15) is 0 Å². The van der Waals surface area contributed by atoms with Gasteiger partial charge in [0.2, 0.25) is 0 Å². The van der Waals surface area contributed by atoms with Crippen molar-refractivity contribution in [3.8, 4) is 0 Å². The van der Waals surface area contributed by atoms with E-state index in [2.05, 4.69) is 5.32 Å².